The largest absolute Gasteiger partial charge is 0.465 e. The fourth-order valence-electron chi connectivity index (χ4n) is 2.78. The molecule has 4 nitrogen and oxygen atoms in total. The van der Waals surface area contributed by atoms with Gasteiger partial charge in [0, 0.05) is 19.1 Å². The van der Waals surface area contributed by atoms with Crippen LogP contribution in [-0.2, 0) is 11.3 Å². The predicted molar refractivity (Wildman–Crippen MR) is 79.7 cm³/mol. The number of hydrogen-bond donors (Lipinski definition) is 1. The van der Waals surface area contributed by atoms with Crippen molar-refractivity contribution in [3.63, 3.8) is 0 Å². The van der Waals surface area contributed by atoms with Crippen molar-refractivity contribution in [1.29, 1.82) is 0 Å². The Hall–Kier alpha value is -1.39. The molecule has 2 rings (SSSR count). The fraction of sp³-hybridized carbons (Fsp3) is 0.562. The first-order chi connectivity index (χ1) is 9.60. The third-order valence-electron chi connectivity index (χ3n) is 4.05. The SMILES string of the molecule is COC(=O)c1ccc(CNC2CCN(C)CC2C)cc1. The molecule has 1 N–H and O–H groups in total. The zero-order valence-electron chi connectivity index (χ0n) is 12.6. The maximum Gasteiger partial charge on any atom is 0.337 e. The maximum absolute atomic E-state index is 11.4. The van der Waals surface area contributed by atoms with Gasteiger partial charge in [0.1, 0.15) is 0 Å². The third-order valence-corrected chi connectivity index (χ3v) is 4.05. The van der Waals surface area contributed by atoms with E-state index in [1.54, 1.807) is 0 Å². The number of esters is 1. The number of benzene rings is 1. The summed E-state index contributed by atoms with van der Waals surface area (Å²) in [5.74, 6) is 0.386. The number of carbonyl (C=O) groups excluding carboxylic acids is 1. The fourth-order valence-corrected chi connectivity index (χ4v) is 2.78. The Morgan fingerprint density at radius 1 is 1.40 bits per heavy atom. The first kappa shape index (κ1) is 15.0. The van der Waals surface area contributed by atoms with E-state index < -0.39 is 0 Å². The van der Waals surface area contributed by atoms with Crippen LogP contribution in [0.2, 0.25) is 0 Å². The maximum atomic E-state index is 11.4. The third kappa shape index (κ3) is 3.81. The normalized spacial score (nSPS) is 23.6. The summed E-state index contributed by atoms with van der Waals surface area (Å²) in [6.07, 6.45) is 1.19. The predicted octanol–water partition coefficient (Wildman–Crippen LogP) is 1.90. The van der Waals surface area contributed by atoms with Crippen LogP contribution in [0, 0.1) is 5.92 Å². The lowest BCUT2D eigenvalue weighted by molar-refractivity contribution is 0.0600. The molecule has 1 aliphatic heterocycles. The molecule has 0 spiro atoms. The number of ether oxygens (including phenoxy) is 1. The quantitative estimate of drug-likeness (QED) is 0.853. The highest BCUT2D eigenvalue weighted by Gasteiger charge is 2.23. The highest BCUT2D eigenvalue weighted by Crippen LogP contribution is 2.16. The highest BCUT2D eigenvalue weighted by atomic mass is 16.5. The van der Waals surface area contributed by atoms with Gasteiger partial charge in [-0.25, -0.2) is 4.79 Å². The van der Waals surface area contributed by atoms with Crippen LogP contribution < -0.4 is 5.32 Å². The monoisotopic (exact) mass is 276 g/mol. The van der Waals surface area contributed by atoms with E-state index >= 15 is 0 Å². The Morgan fingerprint density at radius 3 is 2.70 bits per heavy atom. The summed E-state index contributed by atoms with van der Waals surface area (Å²) in [5.41, 5.74) is 1.80. The van der Waals surface area contributed by atoms with E-state index in [2.05, 4.69) is 24.2 Å². The van der Waals surface area contributed by atoms with Gasteiger partial charge in [0.05, 0.1) is 12.7 Å². The van der Waals surface area contributed by atoms with Crippen molar-refractivity contribution in [3.8, 4) is 0 Å². The lowest BCUT2D eigenvalue weighted by Gasteiger charge is -2.35. The van der Waals surface area contributed by atoms with E-state index in [4.69, 9.17) is 4.74 Å². The van der Waals surface area contributed by atoms with Crippen LogP contribution >= 0.6 is 0 Å². The lowest BCUT2D eigenvalue weighted by Crippen LogP contribution is -2.46. The minimum absolute atomic E-state index is 0.284. The highest BCUT2D eigenvalue weighted by molar-refractivity contribution is 5.89. The van der Waals surface area contributed by atoms with E-state index in [9.17, 15) is 4.79 Å². The number of methoxy groups -OCH3 is 1. The molecule has 1 heterocycles. The smallest absolute Gasteiger partial charge is 0.337 e. The van der Waals surface area contributed by atoms with E-state index in [1.165, 1.54) is 19.1 Å². The minimum Gasteiger partial charge on any atom is -0.465 e. The van der Waals surface area contributed by atoms with Crippen molar-refractivity contribution < 1.29 is 9.53 Å². The van der Waals surface area contributed by atoms with Crippen LogP contribution in [0.15, 0.2) is 24.3 Å². The van der Waals surface area contributed by atoms with Crippen LogP contribution in [0.5, 0.6) is 0 Å². The van der Waals surface area contributed by atoms with Crippen LogP contribution in [0.1, 0.15) is 29.3 Å². The Morgan fingerprint density at radius 2 is 2.10 bits per heavy atom. The van der Waals surface area contributed by atoms with E-state index in [1.807, 2.05) is 24.3 Å². The molecule has 2 atom stereocenters. The zero-order chi connectivity index (χ0) is 14.5. The summed E-state index contributed by atoms with van der Waals surface area (Å²) in [6, 6.07) is 8.19. The molecule has 1 aromatic rings. The molecule has 0 radical (unpaired) electrons. The Labute approximate surface area is 121 Å². The second-order valence-corrected chi connectivity index (χ2v) is 5.70. The van der Waals surface area contributed by atoms with Crippen molar-refractivity contribution in [1.82, 2.24) is 10.2 Å². The standard InChI is InChI=1S/C16H24N2O2/c1-12-11-18(2)9-8-15(12)17-10-13-4-6-14(7-5-13)16(19)20-3/h4-7,12,15,17H,8-11H2,1-3H3. The molecule has 0 saturated carbocycles. The van der Waals surface area contributed by atoms with Crippen molar-refractivity contribution in [2.45, 2.75) is 25.9 Å². The molecule has 0 bridgehead atoms. The Balaban J connectivity index is 1.86. The van der Waals surface area contributed by atoms with Gasteiger partial charge in [-0.1, -0.05) is 19.1 Å². The van der Waals surface area contributed by atoms with Crippen LogP contribution in [0.25, 0.3) is 0 Å². The molecule has 1 aromatic carbocycles. The molecule has 110 valence electrons. The number of hydrogen-bond acceptors (Lipinski definition) is 4. The lowest BCUT2D eigenvalue weighted by atomic mass is 9.94. The van der Waals surface area contributed by atoms with E-state index in [0.29, 0.717) is 17.5 Å². The van der Waals surface area contributed by atoms with Crippen molar-refractivity contribution in [3.05, 3.63) is 35.4 Å². The van der Waals surface area contributed by atoms with Gasteiger partial charge in [-0.05, 0) is 43.6 Å². The second-order valence-electron chi connectivity index (χ2n) is 5.70. The average molecular weight is 276 g/mol. The zero-order valence-corrected chi connectivity index (χ0v) is 12.6. The Bertz CT molecular complexity index is 444. The van der Waals surface area contributed by atoms with Crippen LogP contribution in [0.4, 0.5) is 0 Å². The van der Waals surface area contributed by atoms with Crippen molar-refractivity contribution in [2.75, 3.05) is 27.2 Å². The van der Waals surface area contributed by atoms with Gasteiger partial charge in [0.25, 0.3) is 0 Å². The summed E-state index contributed by atoms with van der Waals surface area (Å²) >= 11 is 0. The molecule has 0 aliphatic carbocycles. The first-order valence-electron chi connectivity index (χ1n) is 7.19. The van der Waals surface area contributed by atoms with Crippen LogP contribution in [0.3, 0.4) is 0 Å². The van der Waals surface area contributed by atoms with Gasteiger partial charge in [0.15, 0.2) is 0 Å². The number of rotatable bonds is 4. The molecule has 1 aliphatic rings. The molecular weight excluding hydrogens is 252 g/mol. The minimum atomic E-state index is -0.284. The van der Waals surface area contributed by atoms with Gasteiger partial charge in [-0.3, -0.25) is 0 Å². The van der Waals surface area contributed by atoms with Gasteiger partial charge in [0.2, 0.25) is 0 Å². The molecule has 2 unspecified atom stereocenters. The summed E-state index contributed by atoms with van der Waals surface area (Å²) in [7, 11) is 3.58. The first-order valence-corrected chi connectivity index (χ1v) is 7.19. The van der Waals surface area contributed by atoms with E-state index in [-0.39, 0.29) is 5.97 Å². The van der Waals surface area contributed by atoms with Crippen LogP contribution in [-0.4, -0.2) is 44.2 Å². The number of likely N-dealkylation sites (tertiary alicyclic amines) is 1. The molecule has 4 heteroatoms. The van der Waals surface area contributed by atoms with E-state index in [0.717, 1.165) is 19.6 Å². The summed E-state index contributed by atoms with van der Waals surface area (Å²) in [6.45, 7) is 5.45. The number of nitrogens with zero attached hydrogens (tertiary/aromatic N) is 1. The molecular formula is C16H24N2O2. The average Bonchev–Trinajstić information content (AvgIpc) is 2.46. The topological polar surface area (TPSA) is 41.6 Å². The van der Waals surface area contributed by atoms with Crippen molar-refractivity contribution in [2.24, 2.45) is 5.92 Å². The molecule has 0 amide bonds. The number of piperidine rings is 1. The molecule has 20 heavy (non-hydrogen) atoms. The molecule has 1 saturated heterocycles. The van der Waals surface area contributed by atoms with Crippen molar-refractivity contribution >= 4 is 5.97 Å². The van der Waals surface area contributed by atoms with Gasteiger partial charge in [-0.15, -0.1) is 0 Å². The number of carbonyl (C=O) groups is 1. The number of nitrogens with one attached hydrogen (secondary N) is 1. The summed E-state index contributed by atoms with van der Waals surface area (Å²) in [5, 5.41) is 3.63. The Kier molecular flexibility index (Phi) is 5.15. The second kappa shape index (κ2) is 6.86. The summed E-state index contributed by atoms with van der Waals surface area (Å²) < 4.78 is 4.70. The van der Waals surface area contributed by atoms with Gasteiger partial charge >= 0.3 is 5.97 Å². The molecule has 0 aromatic heterocycles. The summed E-state index contributed by atoms with van der Waals surface area (Å²) in [4.78, 5) is 13.7. The molecule has 1 fully saturated rings. The van der Waals surface area contributed by atoms with Gasteiger partial charge < -0.3 is 15.0 Å². The van der Waals surface area contributed by atoms with Gasteiger partial charge in [-0.2, -0.15) is 0 Å².